The first kappa shape index (κ1) is 13.0. The Balaban J connectivity index is 2.74. The van der Waals surface area contributed by atoms with Crippen molar-refractivity contribution in [1.82, 2.24) is 10.3 Å². The van der Waals surface area contributed by atoms with Gasteiger partial charge in [-0.05, 0) is 32.9 Å². The van der Waals surface area contributed by atoms with Crippen molar-refractivity contribution in [3.05, 3.63) is 23.9 Å². The number of pyridine rings is 1. The summed E-state index contributed by atoms with van der Waals surface area (Å²) in [4.78, 5) is 6.78. The highest BCUT2D eigenvalue weighted by molar-refractivity contribution is 5.46. The summed E-state index contributed by atoms with van der Waals surface area (Å²) >= 11 is 0. The molecule has 0 aliphatic rings. The molecule has 0 aliphatic heterocycles. The summed E-state index contributed by atoms with van der Waals surface area (Å²) in [5.41, 5.74) is 1.29. The van der Waals surface area contributed by atoms with Gasteiger partial charge in [-0.1, -0.05) is 13.0 Å². The lowest BCUT2D eigenvalue weighted by molar-refractivity contribution is 0.670. The van der Waals surface area contributed by atoms with Crippen molar-refractivity contribution in [3.63, 3.8) is 0 Å². The molecule has 0 spiro atoms. The summed E-state index contributed by atoms with van der Waals surface area (Å²) in [7, 11) is 0. The highest BCUT2D eigenvalue weighted by atomic mass is 15.2. The molecule has 1 aromatic heterocycles. The standard InChI is InChI=1S/C13H23N3/c1-4-9-14-11-12-8-7-10-15-13(12)16(5-2)6-3/h7-8,10,14H,4-6,9,11H2,1-3H3. The molecular formula is C13H23N3. The Morgan fingerprint density at radius 2 is 2.00 bits per heavy atom. The van der Waals surface area contributed by atoms with Gasteiger partial charge >= 0.3 is 0 Å². The zero-order chi connectivity index (χ0) is 11.8. The molecule has 1 rings (SSSR count). The summed E-state index contributed by atoms with van der Waals surface area (Å²) in [5, 5.41) is 3.43. The lowest BCUT2D eigenvalue weighted by Gasteiger charge is -2.22. The van der Waals surface area contributed by atoms with Crippen molar-refractivity contribution in [3.8, 4) is 0 Å². The van der Waals surface area contributed by atoms with Crippen LogP contribution >= 0.6 is 0 Å². The average molecular weight is 221 g/mol. The molecule has 1 aromatic rings. The first-order chi connectivity index (χ1) is 7.83. The van der Waals surface area contributed by atoms with Crippen LogP contribution in [0.1, 0.15) is 32.8 Å². The quantitative estimate of drug-likeness (QED) is 0.717. The zero-order valence-electron chi connectivity index (χ0n) is 10.7. The van der Waals surface area contributed by atoms with Crippen LogP contribution in [0.4, 0.5) is 5.82 Å². The van der Waals surface area contributed by atoms with Gasteiger partial charge in [0.2, 0.25) is 0 Å². The molecule has 1 heterocycles. The number of hydrogen-bond donors (Lipinski definition) is 1. The van der Waals surface area contributed by atoms with Crippen LogP contribution in [0.3, 0.4) is 0 Å². The van der Waals surface area contributed by atoms with E-state index in [1.54, 1.807) is 0 Å². The number of nitrogens with zero attached hydrogens (tertiary/aromatic N) is 2. The molecule has 90 valence electrons. The summed E-state index contributed by atoms with van der Waals surface area (Å²) < 4.78 is 0. The maximum atomic E-state index is 4.49. The second-order valence-electron chi connectivity index (χ2n) is 3.84. The molecule has 0 fully saturated rings. The van der Waals surface area contributed by atoms with Crippen LogP contribution < -0.4 is 10.2 Å². The van der Waals surface area contributed by atoms with Gasteiger partial charge in [0.25, 0.3) is 0 Å². The van der Waals surface area contributed by atoms with Gasteiger partial charge in [0.05, 0.1) is 0 Å². The van der Waals surface area contributed by atoms with Gasteiger partial charge in [-0.3, -0.25) is 0 Å². The van der Waals surface area contributed by atoms with E-state index in [1.165, 1.54) is 12.0 Å². The fourth-order valence-electron chi connectivity index (χ4n) is 1.78. The van der Waals surface area contributed by atoms with Gasteiger partial charge in [-0.2, -0.15) is 0 Å². The second kappa shape index (κ2) is 7.23. The molecule has 0 amide bonds. The van der Waals surface area contributed by atoms with Crippen LogP contribution in [-0.4, -0.2) is 24.6 Å². The Hall–Kier alpha value is -1.09. The van der Waals surface area contributed by atoms with E-state index in [-0.39, 0.29) is 0 Å². The van der Waals surface area contributed by atoms with Gasteiger partial charge < -0.3 is 10.2 Å². The van der Waals surface area contributed by atoms with Crippen LogP contribution in [-0.2, 0) is 6.54 Å². The minimum Gasteiger partial charge on any atom is -0.357 e. The number of nitrogens with one attached hydrogen (secondary N) is 1. The highest BCUT2D eigenvalue weighted by Gasteiger charge is 2.08. The van der Waals surface area contributed by atoms with Gasteiger partial charge in [0.15, 0.2) is 0 Å². The third-order valence-electron chi connectivity index (χ3n) is 2.67. The van der Waals surface area contributed by atoms with Gasteiger partial charge in [-0.25, -0.2) is 4.98 Å². The molecule has 0 saturated heterocycles. The highest BCUT2D eigenvalue weighted by Crippen LogP contribution is 2.16. The van der Waals surface area contributed by atoms with Crippen molar-refractivity contribution < 1.29 is 0 Å². The molecule has 0 radical (unpaired) electrons. The first-order valence-electron chi connectivity index (χ1n) is 6.23. The van der Waals surface area contributed by atoms with Crippen molar-refractivity contribution >= 4 is 5.82 Å². The van der Waals surface area contributed by atoms with Crippen LogP contribution in [0, 0.1) is 0 Å². The predicted molar refractivity (Wildman–Crippen MR) is 69.8 cm³/mol. The van der Waals surface area contributed by atoms with Crippen LogP contribution in [0.5, 0.6) is 0 Å². The number of anilines is 1. The van der Waals surface area contributed by atoms with Crippen LogP contribution in [0.15, 0.2) is 18.3 Å². The molecule has 0 saturated carbocycles. The summed E-state index contributed by atoms with van der Waals surface area (Å²) in [6, 6.07) is 4.17. The predicted octanol–water partition coefficient (Wildman–Crippen LogP) is 2.43. The molecule has 3 nitrogen and oxygen atoms in total. The van der Waals surface area contributed by atoms with Gasteiger partial charge in [-0.15, -0.1) is 0 Å². The second-order valence-corrected chi connectivity index (χ2v) is 3.84. The first-order valence-corrected chi connectivity index (χ1v) is 6.23. The molecular weight excluding hydrogens is 198 g/mol. The number of aromatic nitrogens is 1. The van der Waals surface area contributed by atoms with E-state index in [4.69, 9.17) is 0 Å². The monoisotopic (exact) mass is 221 g/mol. The molecule has 0 unspecified atom stereocenters. The summed E-state index contributed by atoms with van der Waals surface area (Å²) in [6.07, 6.45) is 3.04. The molecule has 0 bridgehead atoms. The van der Waals surface area contributed by atoms with E-state index in [1.807, 2.05) is 12.3 Å². The van der Waals surface area contributed by atoms with E-state index >= 15 is 0 Å². The fraction of sp³-hybridized carbons (Fsp3) is 0.615. The Kier molecular flexibility index (Phi) is 5.86. The largest absolute Gasteiger partial charge is 0.357 e. The lowest BCUT2D eigenvalue weighted by atomic mass is 10.2. The maximum absolute atomic E-state index is 4.49. The molecule has 1 N–H and O–H groups in total. The Bertz CT molecular complexity index is 295. The minimum atomic E-state index is 0.910. The Morgan fingerprint density at radius 3 is 2.62 bits per heavy atom. The Morgan fingerprint density at radius 1 is 1.25 bits per heavy atom. The van der Waals surface area contributed by atoms with E-state index in [0.717, 1.165) is 32.0 Å². The Labute approximate surface area is 98.9 Å². The third kappa shape index (κ3) is 3.49. The minimum absolute atomic E-state index is 0.910. The van der Waals surface area contributed by atoms with Crippen molar-refractivity contribution in [2.45, 2.75) is 33.7 Å². The smallest absolute Gasteiger partial charge is 0.132 e. The molecule has 0 aliphatic carbocycles. The SMILES string of the molecule is CCCNCc1cccnc1N(CC)CC. The van der Waals surface area contributed by atoms with Crippen LogP contribution in [0.2, 0.25) is 0 Å². The number of rotatable bonds is 7. The molecule has 16 heavy (non-hydrogen) atoms. The third-order valence-corrected chi connectivity index (χ3v) is 2.67. The lowest BCUT2D eigenvalue weighted by Crippen LogP contribution is -2.25. The van der Waals surface area contributed by atoms with E-state index in [2.05, 4.69) is 42.0 Å². The van der Waals surface area contributed by atoms with E-state index in [0.29, 0.717) is 0 Å². The number of hydrogen-bond acceptors (Lipinski definition) is 3. The summed E-state index contributed by atoms with van der Waals surface area (Å²) in [6.45, 7) is 10.5. The zero-order valence-corrected chi connectivity index (χ0v) is 10.7. The summed E-state index contributed by atoms with van der Waals surface area (Å²) in [5.74, 6) is 1.12. The van der Waals surface area contributed by atoms with Gasteiger partial charge in [0, 0.05) is 31.4 Å². The van der Waals surface area contributed by atoms with E-state index < -0.39 is 0 Å². The van der Waals surface area contributed by atoms with Gasteiger partial charge in [0.1, 0.15) is 5.82 Å². The molecule has 0 aromatic carbocycles. The van der Waals surface area contributed by atoms with Crippen molar-refractivity contribution in [1.29, 1.82) is 0 Å². The van der Waals surface area contributed by atoms with Crippen molar-refractivity contribution in [2.75, 3.05) is 24.5 Å². The van der Waals surface area contributed by atoms with Crippen LogP contribution in [0.25, 0.3) is 0 Å². The topological polar surface area (TPSA) is 28.2 Å². The van der Waals surface area contributed by atoms with E-state index in [9.17, 15) is 0 Å². The molecule has 3 heteroatoms. The van der Waals surface area contributed by atoms with Crippen molar-refractivity contribution in [2.24, 2.45) is 0 Å². The fourth-order valence-corrected chi connectivity index (χ4v) is 1.78. The average Bonchev–Trinajstić information content (AvgIpc) is 2.33. The molecule has 0 atom stereocenters. The normalized spacial score (nSPS) is 10.4. The maximum Gasteiger partial charge on any atom is 0.132 e.